The molecular weight excluding hydrogens is 380 g/mol. The van der Waals surface area contributed by atoms with Crippen LogP contribution < -0.4 is 20.6 Å². The number of benzene rings is 2. The van der Waals surface area contributed by atoms with Crippen molar-refractivity contribution in [2.45, 2.75) is 6.92 Å². The van der Waals surface area contributed by atoms with Crippen LogP contribution in [0.15, 0.2) is 47.6 Å². The minimum absolute atomic E-state index is 0.219. The Morgan fingerprint density at radius 1 is 1.25 bits per heavy atom. The first kappa shape index (κ1) is 19.4. The molecule has 1 aromatic heterocycles. The van der Waals surface area contributed by atoms with E-state index >= 15 is 0 Å². The number of aromatic nitrogens is 1. The number of fused-ring (bicyclic) bond motifs is 1. The first-order valence-electron chi connectivity index (χ1n) is 8.41. The van der Waals surface area contributed by atoms with Crippen LogP contribution in [0.25, 0.3) is 10.9 Å². The summed E-state index contributed by atoms with van der Waals surface area (Å²) >= 11 is 6.04. The van der Waals surface area contributed by atoms with Crippen LogP contribution in [0.2, 0.25) is 5.02 Å². The molecule has 28 heavy (non-hydrogen) atoms. The highest BCUT2D eigenvalue weighted by Crippen LogP contribution is 2.27. The van der Waals surface area contributed by atoms with Gasteiger partial charge in [-0.25, -0.2) is 4.98 Å². The maximum Gasteiger partial charge on any atom is 0.255 e. The van der Waals surface area contributed by atoms with Crippen LogP contribution >= 0.6 is 11.6 Å². The van der Waals surface area contributed by atoms with Crippen LogP contribution in [-0.4, -0.2) is 30.8 Å². The third kappa shape index (κ3) is 4.69. The number of aryl methyl sites for hydroxylation is 1. The van der Waals surface area contributed by atoms with Gasteiger partial charge in [0.2, 0.25) is 0 Å². The number of methoxy groups -OCH3 is 1. The minimum Gasteiger partial charge on any atom is -0.493 e. The van der Waals surface area contributed by atoms with Crippen molar-refractivity contribution in [3.63, 3.8) is 0 Å². The predicted molar refractivity (Wildman–Crippen MR) is 110 cm³/mol. The number of anilines is 1. The first-order chi connectivity index (χ1) is 13.5. The van der Waals surface area contributed by atoms with Crippen LogP contribution in [0.5, 0.6) is 11.5 Å². The summed E-state index contributed by atoms with van der Waals surface area (Å²) in [6.07, 6.45) is 1.63. The zero-order chi connectivity index (χ0) is 20.1. The van der Waals surface area contributed by atoms with Crippen molar-refractivity contribution < 1.29 is 14.3 Å². The molecule has 7 nitrogen and oxygen atoms in total. The number of rotatable bonds is 7. The van der Waals surface area contributed by atoms with E-state index in [9.17, 15) is 4.79 Å². The highest BCUT2D eigenvalue weighted by molar-refractivity contribution is 6.31. The Morgan fingerprint density at radius 3 is 2.82 bits per heavy atom. The van der Waals surface area contributed by atoms with E-state index in [-0.39, 0.29) is 6.61 Å². The summed E-state index contributed by atoms with van der Waals surface area (Å²) in [6, 6.07) is 12.7. The number of pyridine rings is 1. The minimum atomic E-state index is -0.558. The second-order valence-corrected chi connectivity index (χ2v) is 6.46. The molecule has 8 heteroatoms. The molecule has 0 saturated carbocycles. The molecule has 0 spiro atoms. The lowest BCUT2D eigenvalue weighted by atomic mass is 10.1. The topological polar surface area (TPSA) is 98.8 Å². The van der Waals surface area contributed by atoms with E-state index in [0.717, 1.165) is 22.0 Å². The largest absolute Gasteiger partial charge is 0.493 e. The Hall–Kier alpha value is -3.32. The normalized spacial score (nSPS) is 11.0. The van der Waals surface area contributed by atoms with Gasteiger partial charge in [-0.05, 0) is 60.5 Å². The molecule has 144 valence electrons. The molecule has 0 atom stereocenters. The van der Waals surface area contributed by atoms with Crippen LogP contribution in [0.1, 0.15) is 11.1 Å². The summed E-state index contributed by atoms with van der Waals surface area (Å²) in [5, 5.41) is 5.90. The Kier molecular flexibility index (Phi) is 5.96. The number of halogens is 1. The lowest BCUT2D eigenvalue weighted by Crippen LogP contribution is -2.20. The molecule has 0 bridgehead atoms. The number of carbonyl (C=O) groups excluding carboxylic acids is 1. The van der Waals surface area contributed by atoms with Gasteiger partial charge in [-0.1, -0.05) is 11.6 Å². The number of carbonyl (C=O) groups is 1. The number of nitrogens with one attached hydrogen (secondary N) is 1. The fraction of sp³-hybridized carbons (Fsp3) is 0.150. The van der Waals surface area contributed by atoms with Crippen molar-refractivity contribution in [2.75, 3.05) is 19.1 Å². The van der Waals surface area contributed by atoms with E-state index in [1.165, 1.54) is 7.11 Å². The van der Waals surface area contributed by atoms with Crippen LogP contribution in [0.3, 0.4) is 0 Å². The molecular formula is C20H19ClN4O3. The fourth-order valence-corrected chi connectivity index (χ4v) is 2.80. The number of ether oxygens (including phenoxy) is 2. The molecule has 0 radical (unpaired) electrons. The van der Waals surface area contributed by atoms with Crippen molar-refractivity contribution in [1.82, 2.24) is 4.98 Å². The summed E-state index contributed by atoms with van der Waals surface area (Å²) < 4.78 is 10.6. The Balaban J connectivity index is 1.74. The monoisotopic (exact) mass is 398 g/mol. The molecule has 0 fully saturated rings. The van der Waals surface area contributed by atoms with Gasteiger partial charge in [0, 0.05) is 10.4 Å². The van der Waals surface area contributed by atoms with Gasteiger partial charge in [-0.3, -0.25) is 10.2 Å². The summed E-state index contributed by atoms with van der Waals surface area (Å²) in [6.45, 7) is 1.77. The van der Waals surface area contributed by atoms with Gasteiger partial charge in [-0.15, -0.1) is 0 Å². The summed E-state index contributed by atoms with van der Waals surface area (Å²) in [4.78, 5) is 15.4. The van der Waals surface area contributed by atoms with Crippen LogP contribution in [-0.2, 0) is 4.79 Å². The molecule has 1 heterocycles. The van der Waals surface area contributed by atoms with Crippen molar-refractivity contribution in [3.05, 3.63) is 58.6 Å². The molecule has 2 aromatic carbocycles. The van der Waals surface area contributed by atoms with Gasteiger partial charge in [-0.2, -0.15) is 5.10 Å². The zero-order valence-corrected chi connectivity index (χ0v) is 16.2. The van der Waals surface area contributed by atoms with E-state index in [0.29, 0.717) is 22.3 Å². The van der Waals surface area contributed by atoms with Crippen LogP contribution in [0.4, 0.5) is 5.82 Å². The number of primary amides is 1. The molecule has 0 aliphatic rings. The molecule has 3 rings (SSSR count). The van der Waals surface area contributed by atoms with E-state index < -0.39 is 5.91 Å². The third-order valence-electron chi connectivity index (χ3n) is 3.93. The standard InChI is InChI=1S/C20H19ClN4O3/c1-12-7-20(24-16-5-4-14(21)9-15(12)16)25-23-10-13-3-6-17(18(8-13)27-2)28-11-19(22)26/h3-10H,11H2,1-2H3,(H2,22,26)(H,24,25)/b23-10+. The predicted octanol–water partition coefficient (Wildman–Crippen LogP) is 3.52. The summed E-state index contributed by atoms with van der Waals surface area (Å²) in [7, 11) is 1.51. The lowest BCUT2D eigenvalue weighted by molar-refractivity contribution is -0.119. The van der Waals surface area contributed by atoms with Crippen molar-refractivity contribution in [2.24, 2.45) is 10.8 Å². The van der Waals surface area contributed by atoms with E-state index in [1.54, 1.807) is 30.5 Å². The fourth-order valence-electron chi connectivity index (χ4n) is 2.63. The highest BCUT2D eigenvalue weighted by Gasteiger charge is 2.07. The molecule has 0 aliphatic carbocycles. The van der Waals surface area contributed by atoms with Crippen LogP contribution in [0, 0.1) is 6.92 Å². The van der Waals surface area contributed by atoms with Gasteiger partial charge < -0.3 is 15.2 Å². The van der Waals surface area contributed by atoms with Gasteiger partial charge in [0.05, 0.1) is 18.8 Å². The molecule has 0 unspecified atom stereocenters. The smallest absolute Gasteiger partial charge is 0.255 e. The molecule has 3 aromatic rings. The summed E-state index contributed by atoms with van der Waals surface area (Å²) in [5.74, 6) is 0.966. The van der Waals surface area contributed by atoms with E-state index in [2.05, 4.69) is 15.5 Å². The van der Waals surface area contributed by atoms with Crippen molar-refractivity contribution in [3.8, 4) is 11.5 Å². The number of hydrogen-bond acceptors (Lipinski definition) is 6. The number of hydrazone groups is 1. The molecule has 0 saturated heterocycles. The third-order valence-corrected chi connectivity index (χ3v) is 4.16. The second kappa shape index (κ2) is 8.58. The Morgan fingerprint density at radius 2 is 2.07 bits per heavy atom. The number of nitrogens with two attached hydrogens (primary N) is 1. The Labute approximate surface area is 167 Å². The molecule has 1 amide bonds. The van der Waals surface area contributed by atoms with Gasteiger partial charge in [0.1, 0.15) is 5.82 Å². The first-order valence-corrected chi connectivity index (χ1v) is 8.79. The van der Waals surface area contributed by atoms with Gasteiger partial charge >= 0.3 is 0 Å². The quantitative estimate of drug-likeness (QED) is 0.468. The SMILES string of the molecule is COc1cc(/C=N/Nc2cc(C)c3cc(Cl)ccc3n2)ccc1OCC(N)=O. The maximum absolute atomic E-state index is 10.9. The number of amides is 1. The lowest BCUT2D eigenvalue weighted by Gasteiger charge is -2.10. The Bertz CT molecular complexity index is 1050. The molecule has 3 N–H and O–H groups in total. The van der Waals surface area contributed by atoms with Crippen molar-refractivity contribution in [1.29, 1.82) is 0 Å². The van der Waals surface area contributed by atoms with Gasteiger partial charge in [0.25, 0.3) is 5.91 Å². The number of hydrogen-bond donors (Lipinski definition) is 2. The average molecular weight is 399 g/mol. The highest BCUT2D eigenvalue weighted by atomic mass is 35.5. The van der Waals surface area contributed by atoms with E-state index in [4.69, 9.17) is 26.8 Å². The molecule has 0 aliphatic heterocycles. The maximum atomic E-state index is 10.9. The average Bonchev–Trinajstić information content (AvgIpc) is 2.67. The zero-order valence-electron chi connectivity index (χ0n) is 15.4. The van der Waals surface area contributed by atoms with Crippen molar-refractivity contribution >= 4 is 40.4 Å². The second-order valence-electron chi connectivity index (χ2n) is 6.02. The van der Waals surface area contributed by atoms with E-state index in [1.807, 2.05) is 25.1 Å². The number of nitrogens with zero attached hydrogens (tertiary/aromatic N) is 2. The summed E-state index contributed by atoms with van der Waals surface area (Å²) in [5.41, 5.74) is 10.7. The van der Waals surface area contributed by atoms with Gasteiger partial charge in [0.15, 0.2) is 18.1 Å².